The Morgan fingerprint density at radius 1 is 0.889 bits per heavy atom. The van der Waals surface area contributed by atoms with Gasteiger partial charge in [-0.25, -0.2) is 0 Å². The van der Waals surface area contributed by atoms with Crippen LogP contribution < -0.4 is 0 Å². The third-order valence-corrected chi connectivity index (χ3v) is 4.80. The maximum Gasteiger partial charge on any atom is 0.143 e. The fourth-order valence-electron chi connectivity index (χ4n) is 3.50. The van der Waals surface area contributed by atoms with Gasteiger partial charge in [0.2, 0.25) is 0 Å². The van der Waals surface area contributed by atoms with Gasteiger partial charge in [0.1, 0.15) is 11.2 Å². The van der Waals surface area contributed by atoms with Gasteiger partial charge in [0.25, 0.3) is 0 Å². The van der Waals surface area contributed by atoms with E-state index in [1.165, 1.54) is 0 Å². The molecular weight excluding hydrogens is 330 g/mol. The number of hydrogen-bond donors (Lipinski definition) is 0. The highest BCUT2D eigenvalue weighted by Gasteiger charge is 2.15. The molecule has 2 heteroatoms. The van der Waals surface area contributed by atoms with Crippen LogP contribution in [0.4, 0.5) is 0 Å². The molecule has 0 fully saturated rings. The van der Waals surface area contributed by atoms with Crippen molar-refractivity contribution in [2.45, 2.75) is 13.2 Å². The Hall–Kier alpha value is -3.39. The largest absolute Gasteiger partial charge is 0.455 e. The summed E-state index contributed by atoms with van der Waals surface area (Å²) >= 11 is 0. The summed E-state index contributed by atoms with van der Waals surface area (Å²) in [5.41, 5.74) is 3.64. The number of furan rings is 1. The van der Waals surface area contributed by atoms with Crippen LogP contribution in [0.1, 0.15) is 19.3 Å². The second-order valence-electron chi connectivity index (χ2n) is 6.39. The first kappa shape index (κ1) is 11.3. The summed E-state index contributed by atoms with van der Waals surface area (Å²) in [5.74, 6) is 0. The predicted octanol–water partition coefficient (Wildman–Crippen LogP) is 6.88. The smallest absolute Gasteiger partial charge is 0.143 e. The maximum atomic E-state index is 8.53. The van der Waals surface area contributed by atoms with Gasteiger partial charge in [0.15, 0.2) is 0 Å². The van der Waals surface area contributed by atoms with Gasteiger partial charge in [-0.2, -0.15) is 0 Å². The molecule has 0 bridgehead atoms. The average molecular weight is 354 g/mol. The number of rotatable bonds is 3. The SMILES string of the molecule is [2H]C([2H])([2H])C([2H])([2H])c1cc(-c2ccccc2)ncc1-c1cccc2c1oc1ccccc12. The van der Waals surface area contributed by atoms with Crippen molar-refractivity contribution in [2.24, 2.45) is 0 Å². The van der Waals surface area contributed by atoms with E-state index in [1.54, 1.807) is 12.3 Å². The van der Waals surface area contributed by atoms with Crippen LogP contribution in [0, 0.1) is 0 Å². The molecule has 0 atom stereocenters. The first-order valence-corrected chi connectivity index (χ1v) is 8.74. The van der Waals surface area contributed by atoms with Crippen LogP contribution >= 0.6 is 0 Å². The van der Waals surface area contributed by atoms with Gasteiger partial charge in [-0.05, 0) is 24.1 Å². The molecule has 27 heavy (non-hydrogen) atoms. The molecule has 0 unspecified atom stereocenters. The fourth-order valence-corrected chi connectivity index (χ4v) is 3.50. The van der Waals surface area contributed by atoms with Crippen molar-refractivity contribution in [3.63, 3.8) is 0 Å². The standard InChI is InChI=1S/C25H19NO/c1-2-17-15-23(18-9-4-3-5-10-18)26-16-22(17)21-13-8-12-20-19-11-6-7-14-24(19)27-25(20)21/h3-16H,2H2,1H3/i1D3,2D2. The Labute approximate surface area is 165 Å². The second kappa shape index (κ2) is 6.40. The molecule has 130 valence electrons. The highest BCUT2D eigenvalue weighted by Crippen LogP contribution is 2.37. The number of hydrogen-bond acceptors (Lipinski definition) is 2. The molecule has 5 aromatic rings. The van der Waals surface area contributed by atoms with Crippen molar-refractivity contribution in [1.82, 2.24) is 4.98 Å². The van der Waals surface area contributed by atoms with Gasteiger partial charge >= 0.3 is 0 Å². The van der Waals surface area contributed by atoms with Crippen LogP contribution in [0.3, 0.4) is 0 Å². The summed E-state index contributed by atoms with van der Waals surface area (Å²) in [6, 6.07) is 24.1. The minimum atomic E-state index is -2.86. The molecule has 0 amide bonds. The van der Waals surface area contributed by atoms with E-state index >= 15 is 0 Å². The summed E-state index contributed by atoms with van der Waals surface area (Å²) < 4.78 is 46.8. The van der Waals surface area contributed by atoms with Gasteiger partial charge in [0.05, 0.1) is 5.69 Å². The van der Waals surface area contributed by atoms with Crippen molar-refractivity contribution < 1.29 is 11.3 Å². The normalized spacial score (nSPS) is 15.0. The molecule has 0 aliphatic heterocycles. The van der Waals surface area contributed by atoms with E-state index in [-0.39, 0.29) is 5.56 Å². The number of para-hydroxylation sites is 2. The lowest BCUT2D eigenvalue weighted by Crippen LogP contribution is -1.93. The van der Waals surface area contributed by atoms with Gasteiger partial charge in [-0.1, -0.05) is 73.6 Å². The molecule has 5 rings (SSSR count). The monoisotopic (exact) mass is 354 g/mol. The van der Waals surface area contributed by atoms with Crippen LogP contribution in [0.2, 0.25) is 0 Å². The fraction of sp³-hybridized carbons (Fsp3) is 0.0800. The molecule has 3 aromatic carbocycles. The molecule has 0 aliphatic rings. The molecule has 2 nitrogen and oxygen atoms in total. The van der Waals surface area contributed by atoms with E-state index < -0.39 is 13.2 Å². The minimum Gasteiger partial charge on any atom is -0.455 e. The number of pyridine rings is 1. The van der Waals surface area contributed by atoms with Crippen LogP contribution in [0.15, 0.2) is 89.5 Å². The van der Waals surface area contributed by atoms with E-state index in [1.807, 2.05) is 72.8 Å². The van der Waals surface area contributed by atoms with Crippen molar-refractivity contribution >= 4 is 21.9 Å². The van der Waals surface area contributed by atoms with E-state index in [4.69, 9.17) is 11.3 Å². The van der Waals surface area contributed by atoms with E-state index in [0.717, 1.165) is 16.3 Å². The number of aryl methyl sites for hydroxylation is 1. The van der Waals surface area contributed by atoms with E-state index in [0.29, 0.717) is 28.0 Å². The van der Waals surface area contributed by atoms with Crippen molar-refractivity contribution in [2.75, 3.05) is 0 Å². The second-order valence-corrected chi connectivity index (χ2v) is 6.39. The summed E-state index contributed by atoms with van der Waals surface area (Å²) in [5, 5.41) is 1.82. The van der Waals surface area contributed by atoms with Gasteiger partial charge in [-0.3, -0.25) is 4.98 Å². The number of aromatic nitrogens is 1. The Kier molecular flexibility index (Phi) is 2.69. The van der Waals surface area contributed by atoms with Gasteiger partial charge in [0, 0.05) is 40.5 Å². The zero-order valence-corrected chi connectivity index (χ0v) is 14.4. The Morgan fingerprint density at radius 3 is 2.59 bits per heavy atom. The molecular formula is C25H19NO. The zero-order chi connectivity index (χ0) is 22.5. The predicted molar refractivity (Wildman–Crippen MR) is 112 cm³/mol. The summed E-state index contributed by atoms with van der Waals surface area (Å²) in [6.07, 6.45) is -1.05. The summed E-state index contributed by atoms with van der Waals surface area (Å²) in [7, 11) is 0. The molecule has 0 radical (unpaired) electrons. The first-order valence-electron chi connectivity index (χ1n) is 11.2. The lowest BCUT2D eigenvalue weighted by Gasteiger charge is -2.11. The maximum absolute atomic E-state index is 8.53. The highest BCUT2D eigenvalue weighted by atomic mass is 16.3. The zero-order valence-electron chi connectivity index (χ0n) is 19.4. The van der Waals surface area contributed by atoms with E-state index in [9.17, 15) is 0 Å². The van der Waals surface area contributed by atoms with E-state index in [2.05, 4.69) is 4.98 Å². The molecule has 0 saturated heterocycles. The molecule has 2 aromatic heterocycles. The van der Waals surface area contributed by atoms with Crippen molar-refractivity contribution in [3.05, 3.63) is 90.6 Å². The summed E-state index contributed by atoms with van der Waals surface area (Å²) in [6.45, 7) is -2.86. The van der Waals surface area contributed by atoms with Gasteiger partial charge < -0.3 is 4.42 Å². The Morgan fingerprint density at radius 2 is 1.70 bits per heavy atom. The van der Waals surface area contributed by atoms with Crippen LogP contribution in [-0.2, 0) is 6.37 Å². The topological polar surface area (TPSA) is 26.0 Å². The lowest BCUT2D eigenvalue weighted by atomic mass is 9.96. The number of nitrogens with zero attached hydrogens (tertiary/aromatic N) is 1. The van der Waals surface area contributed by atoms with Crippen molar-refractivity contribution in [1.29, 1.82) is 0 Å². The third-order valence-electron chi connectivity index (χ3n) is 4.80. The molecule has 0 spiro atoms. The third kappa shape index (κ3) is 2.61. The summed E-state index contributed by atoms with van der Waals surface area (Å²) in [4.78, 5) is 4.55. The number of fused-ring (bicyclic) bond motifs is 3. The van der Waals surface area contributed by atoms with Gasteiger partial charge in [-0.15, -0.1) is 0 Å². The molecule has 0 N–H and O–H groups in total. The van der Waals surface area contributed by atoms with Crippen molar-refractivity contribution in [3.8, 4) is 22.4 Å². The Bertz CT molecular complexity index is 1440. The molecule has 0 aliphatic carbocycles. The van der Waals surface area contributed by atoms with Crippen LogP contribution in [0.25, 0.3) is 44.3 Å². The quantitative estimate of drug-likeness (QED) is 0.353. The molecule has 0 saturated carbocycles. The first-order chi connectivity index (χ1) is 15.3. The molecule has 2 heterocycles. The lowest BCUT2D eigenvalue weighted by molar-refractivity contribution is 0.670. The Balaban J connectivity index is 1.81. The minimum absolute atomic E-state index is 0.0549. The highest BCUT2D eigenvalue weighted by molar-refractivity contribution is 6.09. The number of benzene rings is 3. The van der Waals surface area contributed by atoms with Crippen LogP contribution in [0.5, 0.6) is 0 Å². The van der Waals surface area contributed by atoms with Crippen LogP contribution in [-0.4, -0.2) is 4.98 Å². The average Bonchev–Trinajstić information content (AvgIpc) is 3.17.